The number of benzene rings is 1. The Kier molecular flexibility index (Phi) is 8.44. The van der Waals surface area contributed by atoms with E-state index >= 15 is 0 Å². The van der Waals surface area contributed by atoms with E-state index in [0.717, 1.165) is 0 Å². The maximum atomic E-state index is 12.3. The van der Waals surface area contributed by atoms with Crippen molar-refractivity contribution < 1.29 is 19.4 Å². The van der Waals surface area contributed by atoms with Crippen LogP contribution in [-0.4, -0.2) is 49.0 Å². The number of hydrogen-bond acceptors (Lipinski definition) is 7. The third-order valence-electron chi connectivity index (χ3n) is 4.65. The molecule has 0 aliphatic heterocycles. The first-order valence-corrected chi connectivity index (χ1v) is 9.89. The van der Waals surface area contributed by atoms with Crippen LogP contribution in [0, 0.1) is 0 Å². The number of carbonyl (C=O) groups is 1. The van der Waals surface area contributed by atoms with Crippen LogP contribution in [0.1, 0.15) is 32.8 Å². The van der Waals surface area contributed by atoms with Gasteiger partial charge in [-0.25, -0.2) is 4.98 Å². The Morgan fingerprint density at radius 1 is 1.23 bits per heavy atom. The molecule has 2 rings (SSSR count). The number of nitrogens with two attached hydrogens (primary N) is 1. The molecule has 30 heavy (non-hydrogen) atoms. The minimum Gasteiger partial charge on any atom is -0.484 e. The Morgan fingerprint density at radius 3 is 2.53 bits per heavy atom. The fourth-order valence-corrected chi connectivity index (χ4v) is 2.74. The van der Waals surface area contributed by atoms with Crippen LogP contribution in [0.15, 0.2) is 36.5 Å². The summed E-state index contributed by atoms with van der Waals surface area (Å²) in [6.07, 6.45) is 1.89. The molecule has 2 aromatic rings. The zero-order valence-electron chi connectivity index (χ0n) is 18.1. The van der Waals surface area contributed by atoms with Crippen LogP contribution < -0.4 is 21.1 Å². The monoisotopic (exact) mass is 416 g/mol. The molecule has 0 saturated heterocycles. The van der Waals surface area contributed by atoms with Gasteiger partial charge in [0.15, 0.2) is 12.4 Å². The van der Waals surface area contributed by atoms with Gasteiger partial charge < -0.3 is 30.9 Å². The van der Waals surface area contributed by atoms with Gasteiger partial charge in [0.25, 0.3) is 5.91 Å². The van der Waals surface area contributed by atoms with Crippen molar-refractivity contribution in [1.29, 1.82) is 0 Å². The number of pyridine rings is 1. The first kappa shape index (κ1) is 23.4. The third-order valence-corrected chi connectivity index (χ3v) is 4.65. The number of aliphatic hydroxyl groups is 1. The molecule has 0 aliphatic carbocycles. The van der Waals surface area contributed by atoms with Crippen molar-refractivity contribution in [2.45, 2.75) is 38.7 Å². The Bertz CT molecular complexity index is 815. The smallest absolute Gasteiger partial charge is 0.262 e. The van der Waals surface area contributed by atoms with Crippen molar-refractivity contribution >= 4 is 23.1 Å². The van der Waals surface area contributed by atoms with Crippen LogP contribution >= 0.6 is 0 Å². The van der Waals surface area contributed by atoms with Crippen LogP contribution in [0.2, 0.25) is 0 Å². The second kappa shape index (κ2) is 10.8. The van der Waals surface area contributed by atoms with Crippen LogP contribution in [0.4, 0.5) is 17.2 Å². The van der Waals surface area contributed by atoms with Gasteiger partial charge in [-0.2, -0.15) is 0 Å². The predicted molar refractivity (Wildman–Crippen MR) is 119 cm³/mol. The Morgan fingerprint density at radius 2 is 1.93 bits per heavy atom. The van der Waals surface area contributed by atoms with Crippen LogP contribution in [0.3, 0.4) is 0 Å². The second-order valence-electron chi connectivity index (χ2n) is 7.99. The van der Waals surface area contributed by atoms with Crippen LogP contribution in [0.25, 0.3) is 0 Å². The number of rotatable bonds is 10. The van der Waals surface area contributed by atoms with Crippen molar-refractivity contribution in [2.75, 3.05) is 43.2 Å². The van der Waals surface area contributed by atoms with Gasteiger partial charge in [0.1, 0.15) is 5.75 Å². The summed E-state index contributed by atoms with van der Waals surface area (Å²) in [5, 5.41) is 15.0. The number of anilines is 3. The second-order valence-corrected chi connectivity index (χ2v) is 7.99. The van der Waals surface area contributed by atoms with Gasteiger partial charge in [-0.05, 0) is 35.6 Å². The Balaban J connectivity index is 1.89. The maximum absolute atomic E-state index is 12.3. The lowest BCUT2D eigenvalue weighted by Crippen LogP contribution is -2.22. The first-order chi connectivity index (χ1) is 14.2. The number of aromatic nitrogens is 1. The number of aliphatic hydroxyl groups excluding tert-OH is 1. The van der Waals surface area contributed by atoms with E-state index in [-0.39, 0.29) is 30.6 Å². The molecule has 1 heterocycles. The van der Waals surface area contributed by atoms with E-state index < -0.39 is 0 Å². The molecule has 0 fully saturated rings. The summed E-state index contributed by atoms with van der Waals surface area (Å²) in [5.74, 6) is 0.762. The summed E-state index contributed by atoms with van der Waals surface area (Å²) in [6, 6.07) is 9.34. The number of nitrogens with one attached hydrogen (secondary N) is 2. The van der Waals surface area contributed by atoms with E-state index in [0.29, 0.717) is 35.9 Å². The quantitative estimate of drug-likeness (QED) is 0.470. The Labute approximate surface area is 177 Å². The topological polar surface area (TPSA) is 119 Å². The number of amides is 1. The lowest BCUT2D eigenvalue weighted by molar-refractivity contribution is -0.118. The van der Waals surface area contributed by atoms with Crippen molar-refractivity contribution in [1.82, 2.24) is 4.98 Å². The highest BCUT2D eigenvalue weighted by molar-refractivity contribution is 5.96. The molecule has 164 valence electrons. The number of carbonyl (C=O) groups excluding carboxylic acids is 1. The number of ether oxygens (including phenoxy) is 2. The molecular weight excluding hydrogens is 384 g/mol. The molecule has 0 radical (unpaired) electrons. The van der Waals surface area contributed by atoms with E-state index in [4.69, 9.17) is 20.3 Å². The molecule has 1 unspecified atom stereocenters. The number of nitrogen functional groups attached to an aromatic ring is 1. The molecule has 8 nitrogen and oxygen atoms in total. The van der Waals surface area contributed by atoms with E-state index in [1.54, 1.807) is 19.4 Å². The van der Waals surface area contributed by atoms with Crippen molar-refractivity contribution in [3.63, 3.8) is 0 Å². The SMILES string of the molecule is COC(CO)CCNc1nccc(NC(=O)COc2ccc(C(C)(C)C)cc2)c1N. The summed E-state index contributed by atoms with van der Waals surface area (Å²) < 4.78 is 10.7. The predicted octanol–water partition coefficient (Wildman–Crippen LogP) is 2.79. The maximum Gasteiger partial charge on any atom is 0.262 e. The molecular formula is C22H32N4O4. The summed E-state index contributed by atoms with van der Waals surface area (Å²) in [5.41, 5.74) is 8.15. The fourth-order valence-electron chi connectivity index (χ4n) is 2.74. The van der Waals surface area contributed by atoms with Gasteiger partial charge >= 0.3 is 0 Å². The summed E-state index contributed by atoms with van der Waals surface area (Å²) in [6.45, 7) is 6.74. The van der Waals surface area contributed by atoms with Crippen LogP contribution in [-0.2, 0) is 14.9 Å². The largest absolute Gasteiger partial charge is 0.484 e. The van der Waals surface area contributed by atoms with Crippen molar-refractivity contribution in [3.8, 4) is 5.75 Å². The molecule has 0 bridgehead atoms. The molecule has 0 aliphatic rings. The van der Waals surface area contributed by atoms with Crippen LogP contribution in [0.5, 0.6) is 5.75 Å². The fraction of sp³-hybridized carbons (Fsp3) is 0.455. The van der Waals surface area contributed by atoms with Gasteiger partial charge in [0.2, 0.25) is 0 Å². The first-order valence-electron chi connectivity index (χ1n) is 9.89. The normalized spacial score (nSPS) is 12.3. The highest BCUT2D eigenvalue weighted by atomic mass is 16.5. The summed E-state index contributed by atoms with van der Waals surface area (Å²) >= 11 is 0. The average Bonchev–Trinajstić information content (AvgIpc) is 2.72. The molecule has 8 heteroatoms. The number of nitrogens with zero attached hydrogens (tertiary/aromatic N) is 1. The van der Waals surface area contributed by atoms with E-state index in [1.807, 2.05) is 24.3 Å². The lowest BCUT2D eigenvalue weighted by atomic mass is 9.87. The minimum absolute atomic E-state index is 0.0586. The molecule has 1 atom stereocenters. The Hall–Kier alpha value is -2.84. The van der Waals surface area contributed by atoms with Gasteiger partial charge in [-0.1, -0.05) is 32.9 Å². The minimum atomic E-state index is -0.321. The average molecular weight is 417 g/mol. The standard InChI is InChI=1S/C22H32N4O4/c1-22(2,3)15-5-7-16(8-6-15)30-14-19(28)26-18-10-12-25-21(20(18)23)24-11-9-17(13-27)29-4/h5-8,10,12,17,27H,9,11,13-14,23H2,1-4H3,(H2,24,25,26,28). The zero-order valence-corrected chi connectivity index (χ0v) is 18.1. The summed E-state index contributed by atoms with van der Waals surface area (Å²) in [4.78, 5) is 16.5. The number of methoxy groups -OCH3 is 1. The van der Waals surface area contributed by atoms with E-state index in [9.17, 15) is 4.79 Å². The van der Waals surface area contributed by atoms with Crippen molar-refractivity contribution in [2.24, 2.45) is 0 Å². The molecule has 1 aromatic heterocycles. The highest BCUT2D eigenvalue weighted by Crippen LogP contribution is 2.26. The van der Waals surface area contributed by atoms with E-state index in [2.05, 4.69) is 36.4 Å². The highest BCUT2D eigenvalue weighted by Gasteiger charge is 2.14. The van der Waals surface area contributed by atoms with E-state index in [1.165, 1.54) is 5.56 Å². The number of hydrogen-bond donors (Lipinski definition) is 4. The van der Waals surface area contributed by atoms with Gasteiger partial charge in [0.05, 0.1) is 24.1 Å². The molecule has 0 spiro atoms. The lowest BCUT2D eigenvalue weighted by Gasteiger charge is -2.19. The third kappa shape index (κ3) is 6.89. The van der Waals surface area contributed by atoms with Gasteiger partial charge in [-0.3, -0.25) is 4.79 Å². The molecule has 1 amide bonds. The van der Waals surface area contributed by atoms with Crippen molar-refractivity contribution in [3.05, 3.63) is 42.1 Å². The zero-order chi connectivity index (χ0) is 22.1. The van der Waals surface area contributed by atoms with Gasteiger partial charge in [-0.15, -0.1) is 0 Å². The van der Waals surface area contributed by atoms with Gasteiger partial charge in [0, 0.05) is 19.9 Å². The molecule has 5 N–H and O–H groups in total. The molecule has 1 aromatic carbocycles. The summed E-state index contributed by atoms with van der Waals surface area (Å²) in [7, 11) is 1.55. The molecule has 0 saturated carbocycles.